The van der Waals surface area contributed by atoms with Gasteiger partial charge in [-0.25, -0.2) is 0 Å². The van der Waals surface area contributed by atoms with Gasteiger partial charge in [0.1, 0.15) is 0 Å². The van der Waals surface area contributed by atoms with Crippen LogP contribution in [-0.4, -0.2) is 67.3 Å². The molecule has 0 atom stereocenters. The van der Waals surface area contributed by atoms with E-state index < -0.39 is 21.7 Å². The summed E-state index contributed by atoms with van der Waals surface area (Å²) in [7, 11) is 5.99. The summed E-state index contributed by atoms with van der Waals surface area (Å²) in [5, 5.41) is 3.37. The van der Waals surface area contributed by atoms with Crippen molar-refractivity contribution in [2.75, 3.05) is 67.3 Å². The molecule has 0 aliphatic heterocycles. The molecule has 0 saturated carbocycles. The van der Waals surface area contributed by atoms with Gasteiger partial charge in [-0.05, 0) is 25.9 Å². The Kier molecular flexibility index (Phi) is 12.2. The highest BCUT2D eigenvalue weighted by Crippen LogP contribution is 2.50. The Morgan fingerprint density at radius 3 is 1.10 bits per heavy atom. The third kappa shape index (κ3) is 7.49. The molecule has 9 heteroatoms. The van der Waals surface area contributed by atoms with Crippen molar-refractivity contribution in [1.29, 1.82) is 0 Å². The van der Waals surface area contributed by atoms with E-state index >= 15 is 0 Å². The third-order valence-electron chi connectivity index (χ3n) is 3.02. The Hall–Kier alpha value is 0.420. The maximum Gasteiger partial charge on any atom is 0.0879 e. The molecule has 0 spiro atoms. The second-order valence-electron chi connectivity index (χ2n) is 3.98. The lowest BCUT2D eigenvalue weighted by atomic mass is 10.4. The maximum atomic E-state index is 5.32. The van der Waals surface area contributed by atoms with Crippen molar-refractivity contribution in [1.82, 2.24) is 5.32 Å². The number of hydrogen-bond donors (Lipinski definition) is 1. The number of hydrogen-bond acceptors (Lipinski definition) is 7. The van der Waals surface area contributed by atoms with E-state index in [4.69, 9.17) is 25.1 Å². The summed E-state index contributed by atoms with van der Waals surface area (Å²) in [6, 6.07) is 0. The SMILES string of the molecule is COS(CCCNCCCS(OC)(OC)OC)(OC)OC. The molecule has 0 aromatic carbocycles. The van der Waals surface area contributed by atoms with Crippen LogP contribution in [-0.2, 0) is 25.1 Å². The first-order valence-electron chi connectivity index (χ1n) is 6.73. The van der Waals surface area contributed by atoms with Gasteiger partial charge >= 0.3 is 0 Å². The van der Waals surface area contributed by atoms with E-state index in [9.17, 15) is 0 Å². The Morgan fingerprint density at radius 2 is 0.857 bits per heavy atom. The molecule has 7 nitrogen and oxygen atoms in total. The summed E-state index contributed by atoms with van der Waals surface area (Å²) in [6.07, 6.45) is 1.84. The minimum atomic E-state index is -1.83. The van der Waals surface area contributed by atoms with Crippen molar-refractivity contribution in [3.05, 3.63) is 0 Å². The van der Waals surface area contributed by atoms with E-state index in [0.29, 0.717) is 0 Å². The second kappa shape index (κ2) is 11.9. The van der Waals surface area contributed by atoms with Crippen LogP contribution in [0.25, 0.3) is 0 Å². The van der Waals surface area contributed by atoms with Gasteiger partial charge in [-0.2, -0.15) is 0 Å². The Morgan fingerprint density at radius 1 is 0.571 bits per heavy atom. The van der Waals surface area contributed by atoms with E-state index in [1.165, 1.54) is 0 Å². The largest absolute Gasteiger partial charge is 0.317 e. The maximum absolute atomic E-state index is 5.32. The van der Waals surface area contributed by atoms with Crippen LogP contribution in [0.15, 0.2) is 0 Å². The Bertz CT molecular complexity index is 211. The molecule has 0 unspecified atom stereocenters. The van der Waals surface area contributed by atoms with Gasteiger partial charge in [0, 0.05) is 11.5 Å². The molecule has 0 aromatic rings. The molecular formula is C12H31NO6S2. The summed E-state index contributed by atoms with van der Waals surface area (Å²) in [4.78, 5) is 0. The molecule has 0 saturated heterocycles. The van der Waals surface area contributed by atoms with E-state index in [1.54, 1.807) is 42.7 Å². The van der Waals surface area contributed by atoms with Crippen molar-refractivity contribution >= 4 is 21.7 Å². The first-order valence-corrected chi connectivity index (χ1v) is 9.89. The second-order valence-corrected chi connectivity index (χ2v) is 9.03. The van der Waals surface area contributed by atoms with E-state index in [2.05, 4.69) is 5.32 Å². The minimum absolute atomic E-state index is 0.743. The fraction of sp³-hybridized carbons (Fsp3) is 1.00. The smallest absolute Gasteiger partial charge is 0.0879 e. The zero-order chi connectivity index (χ0) is 16.2. The van der Waals surface area contributed by atoms with E-state index in [0.717, 1.165) is 37.4 Å². The minimum Gasteiger partial charge on any atom is -0.317 e. The van der Waals surface area contributed by atoms with Crippen molar-refractivity contribution in [3.63, 3.8) is 0 Å². The molecule has 1 N–H and O–H groups in total. The lowest BCUT2D eigenvalue weighted by Crippen LogP contribution is -2.22. The van der Waals surface area contributed by atoms with Crippen LogP contribution in [0.3, 0.4) is 0 Å². The Labute approximate surface area is 132 Å². The number of nitrogens with one attached hydrogen (secondary N) is 1. The predicted octanol–water partition coefficient (Wildman–Crippen LogP) is 2.33. The van der Waals surface area contributed by atoms with Crippen molar-refractivity contribution in [3.8, 4) is 0 Å². The van der Waals surface area contributed by atoms with Crippen molar-refractivity contribution in [2.45, 2.75) is 12.8 Å². The predicted molar refractivity (Wildman–Crippen MR) is 89.1 cm³/mol. The first-order chi connectivity index (χ1) is 10.1. The quantitative estimate of drug-likeness (QED) is 0.483. The summed E-state index contributed by atoms with van der Waals surface area (Å²) in [5.74, 6) is 1.49. The van der Waals surface area contributed by atoms with Crippen LogP contribution < -0.4 is 5.32 Å². The molecular weight excluding hydrogens is 318 g/mol. The topological polar surface area (TPSA) is 67.4 Å². The van der Waals surface area contributed by atoms with Gasteiger partial charge in [0.15, 0.2) is 0 Å². The lowest BCUT2D eigenvalue weighted by molar-refractivity contribution is 0.247. The molecule has 0 rings (SSSR count). The molecule has 21 heavy (non-hydrogen) atoms. The highest BCUT2D eigenvalue weighted by atomic mass is 32.3. The normalized spacial score (nSPS) is 14.4. The summed E-state index contributed by atoms with van der Waals surface area (Å²) in [5.41, 5.74) is 0. The van der Waals surface area contributed by atoms with Gasteiger partial charge in [0.05, 0.1) is 64.4 Å². The van der Waals surface area contributed by atoms with Crippen molar-refractivity contribution < 1.29 is 25.1 Å². The molecule has 0 aliphatic rings. The molecule has 0 fully saturated rings. The Balaban J connectivity index is 3.78. The zero-order valence-corrected chi connectivity index (χ0v) is 15.6. The molecule has 0 aromatic heterocycles. The van der Waals surface area contributed by atoms with E-state index in [-0.39, 0.29) is 0 Å². The van der Waals surface area contributed by atoms with Gasteiger partial charge in [-0.15, -0.1) is 0 Å². The molecule has 0 radical (unpaired) electrons. The van der Waals surface area contributed by atoms with Crippen LogP contribution in [0, 0.1) is 0 Å². The molecule has 132 valence electrons. The third-order valence-corrected chi connectivity index (χ3v) is 7.64. The molecule has 0 aliphatic carbocycles. The van der Waals surface area contributed by atoms with Crippen LogP contribution in [0.5, 0.6) is 0 Å². The van der Waals surface area contributed by atoms with Gasteiger partial charge in [0.25, 0.3) is 0 Å². The molecule has 0 heterocycles. The van der Waals surface area contributed by atoms with Gasteiger partial charge in [0.2, 0.25) is 0 Å². The van der Waals surface area contributed by atoms with Gasteiger partial charge in [-0.3, -0.25) is 25.1 Å². The molecule has 0 amide bonds. The lowest BCUT2D eigenvalue weighted by Gasteiger charge is -2.33. The average molecular weight is 350 g/mol. The van der Waals surface area contributed by atoms with E-state index in [1.807, 2.05) is 0 Å². The monoisotopic (exact) mass is 349 g/mol. The summed E-state index contributed by atoms with van der Waals surface area (Å²) >= 11 is 0. The highest BCUT2D eigenvalue weighted by Gasteiger charge is 2.23. The average Bonchev–Trinajstić information content (AvgIpc) is 2.55. The van der Waals surface area contributed by atoms with Crippen LogP contribution in [0.2, 0.25) is 0 Å². The van der Waals surface area contributed by atoms with Crippen molar-refractivity contribution in [2.24, 2.45) is 0 Å². The van der Waals surface area contributed by atoms with Gasteiger partial charge < -0.3 is 5.32 Å². The summed E-state index contributed by atoms with van der Waals surface area (Å²) < 4.78 is 31.9. The first kappa shape index (κ1) is 21.4. The standard InChI is InChI=1S/C12H31NO6S2/c1-14-20(15-2,16-3)11-7-9-13-10-8-12-21(17-4,18-5)19-6/h13H,7-12H2,1-6H3. The molecule has 0 bridgehead atoms. The fourth-order valence-electron chi connectivity index (χ4n) is 1.78. The van der Waals surface area contributed by atoms with Gasteiger partial charge in [-0.1, -0.05) is 0 Å². The fourth-order valence-corrected chi connectivity index (χ4v) is 4.59. The zero-order valence-electron chi connectivity index (χ0n) is 14.0. The van der Waals surface area contributed by atoms with Crippen LogP contribution in [0.4, 0.5) is 0 Å². The van der Waals surface area contributed by atoms with Crippen LogP contribution >= 0.6 is 21.7 Å². The van der Waals surface area contributed by atoms with Crippen LogP contribution in [0.1, 0.15) is 12.8 Å². The number of rotatable bonds is 14. The highest BCUT2D eigenvalue weighted by molar-refractivity contribution is 8.22. The summed E-state index contributed by atoms with van der Waals surface area (Å²) in [6.45, 7) is 1.75.